The topological polar surface area (TPSA) is 89.3 Å². The first-order valence-corrected chi connectivity index (χ1v) is 16.0. The molecule has 2 aromatic heterocycles. The summed E-state index contributed by atoms with van der Waals surface area (Å²) in [5.74, 6) is -2.11. The zero-order valence-corrected chi connectivity index (χ0v) is 27.5. The van der Waals surface area contributed by atoms with Crippen molar-refractivity contribution in [3.63, 3.8) is 0 Å². The lowest BCUT2D eigenvalue weighted by atomic mass is 9.83. The molecule has 1 saturated carbocycles. The summed E-state index contributed by atoms with van der Waals surface area (Å²) in [5.41, 5.74) is -2.72. The molecule has 17 heteroatoms. The van der Waals surface area contributed by atoms with Crippen LogP contribution in [-0.4, -0.2) is 50.4 Å². The third-order valence-corrected chi connectivity index (χ3v) is 8.71. The molecule has 270 valence electrons. The van der Waals surface area contributed by atoms with Gasteiger partial charge < -0.3 is 14.5 Å². The number of alkyl halides is 6. The van der Waals surface area contributed by atoms with Crippen molar-refractivity contribution >= 4 is 28.6 Å². The number of carbonyl (C=O) groups is 1. The molecule has 0 aliphatic heterocycles. The summed E-state index contributed by atoms with van der Waals surface area (Å²) in [5, 5.41) is 12.1. The largest absolute Gasteiger partial charge is 0.466 e. The van der Waals surface area contributed by atoms with Crippen LogP contribution in [0.15, 0.2) is 36.4 Å². The van der Waals surface area contributed by atoms with Crippen molar-refractivity contribution < 1.29 is 44.7 Å². The Hall–Kier alpha value is -4.57. The fourth-order valence-corrected chi connectivity index (χ4v) is 6.40. The van der Waals surface area contributed by atoms with Crippen molar-refractivity contribution in [1.82, 2.24) is 25.2 Å². The van der Waals surface area contributed by atoms with Crippen LogP contribution in [0.4, 0.5) is 46.9 Å². The Morgan fingerprint density at radius 2 is 1.54 bits per heavy atom. The Morgan fingerprint density at radius 3 is 2.10 bits per heavy atom. The van der Waals surface area contributed by atoms with E-state index >= 15 is 0 Å². The van der Waals surface area contributed by atoms with Crippen LogP contribution in [0.2, 0.25) is 0 Å². The van der Waals surface area contributed by atoms with Gasteiger partial charge in [-0.3, -0.25) is 4.79 Å². The van der Waals surface area contributed by atoms with Gasteiger partial charge in [0, 0.05) is 49.1 Å². The van der Waals surface area contributed by atoms with Crippen molar-refractivity contribution in [1.29, 1.82) is 0 Å². The number of hydrogen-bond donors (Lipinski definition) is 0. The summed E-state index contributed by atoms with van der Waals surface area (Å²) < 4.78 is 116. The SMILES string of the molecule is CCOC(=O)CC1CCC(N(CC)c2nc3cc(F)c(F)cc3cc2CN(Cc2cc(C(F)(F)F)cc(C(F)(F)F)c2)c2nnn(C)n2)CC1. The Labute approximate surface area is 282 Å². The second-order valence-corrected chi connectivity index (χ2v) is 12.2. The molecular weight excluding hydrogens is 678 g/mol. The molecule has 0 spiro atoms. The molecule has 1 fully saturated rings. The van der Waals surface area contributed by atoms with Crippen molar-refractivity contribution in [3.8, 4) is 0 Å². The molecule has 4 aromatic rings. The zero-order chi connectivity index (χ0) is 36.4. The number of anilines is 2. The second-order valence-electron chi connectivity index (χ2n) is 12.2. The predicted octanol–water partition coefficient (Wildman–Crippen LogP) is 7.62. The monoisotopic (exact) mass is 713 g/mol. The number of nitrogens with zero attached hydrogens (tertiary/aromatic N) is 7. The first kappa shape index (κ1) is 36.7. The molecule has 0 unspecified atom stereocenters. The van der Waals surface area contributed by atoms with Crippen molar-refractivity contribution in [2.45, 2.75) is 77.4 Å². The number of tetrazole rings is 1. The molecule has 0 amide bonds. The maximum Gasteiger partial charge on any atom is 0.416 e. The van der Waals surface area contributed by atoms with E-state index in [9.17, 15) is 39.9 Å². The predicted molar refractivity (Wildman–Crippen MR) is 167 cm³/mol. The lowest BCUT2D eigenvalue weighted by Gasteiger charge is -2.38. The third kappa shape index (κ3) is 8.59. The van der Waals surface area contributed by atoms with Gasteiger partial charge in [-0.2, -0.15) is 31.1 Å². The number of hydrogen-bond acceptors (Lipinski definition) is 8. The highest BCUT2D eigenvalue weighted by Crippen LogP contribution is 2.38. The highest BCUT2D eigenvalue weighted by molar-refractivity contribution is 5.82. The summed E-state index contributed by atoms with van der Waals surface area (Å²) in [6.45, 7) is 3.64. The molecule has 0 radical (unpaired) electrons. The first-order valence-electron chi connectivity index (χ1n) is 16.0. The van der Waals surface area contributed by atoms with E-state index in [0.717, 1.165) is 29.8 Å². The van der Waals surface area contributed by atoms with E-state index in [4.69, 9.17) is 9.72 Å². The average molecular weight is 714 g/mol. The van der Waals surface area contributed by atoms with Gasteiger partial charge in [-0.25, -0.2) is 13.8 Å². The van der Waals surface area contributed by atoms with Crippen LogP contribution in [0, 0.1) is 17.6 Å². The second kappa shape index (κ2) is 14.7. The molecule has 2 aromatic carbocycles. The minimum absolute atomic E-state index is 0.0496. The van der Waals surface area contributed by atoms with Crippen LogP contribution >= 0.6 is 0 Å². The summed E-state index contributed by atoms with van der Waals surface area (Å²) in [6, 6.07) is 4.72. The van der Waals surface area contributed by atoms with Gasteiger partial charge >= 0.3 is 18.3 Å². The van der Waals surface area contributed by atoms with E-state index in [1.54, 1.807) is 13.0 Å². The van der Waals surface area contributed by atoms with Gasteiger partial charge in [-0.15, -0.1) is 5.10 Å². The fourth-order valence-electron chi connectivity index (χ4n) is 6.40. The Balaban J connectivity index is 1.55. The van der Waals surface area contributed by atoms with Crippen LogP contribution in [0.1, 0.15) is 68.2 Å². The number of esters is 1. The minimum atomic E-state index is -5.06. The Kier molecular flexibility index (Phi) is 10.8. The number of ether oxygens (including phenoxy) is 1. The number of rotatable bonds is 11. The molecule has 50 heavy (non-hydrogen) atoms. The normalized spacial score (nSPS) is 16.9. The maximum atomic E-state index is 14.4. The number of aromatic nitrogens is 5. The van der Waals surface area contributed by atoms with E-state index in [1.165, 1.54) is 11.9 Å². The quantitative estimate of drug-likeness (QED) is 0.116. The molecule has 1 aliphatic carbocycles. The van der Waals surface area contributed by atoms with Crippen LogP contribution in [0.3, 0.4) is 0 Å². The van der Waals surface area contributed by atoms with Gasteiger partial charge in [-0.1, -0.05) is 5.10 Å². The lowest BCUT2D eigenvalue weighted by Crippen LogP contribution is -2.40. The number of carbonyl (C=O) groups excluding carboxylic acids is 1. The number of aryl methyl sites for hydroxylation is 1. The number of fused-ring (bicyclic) bond motifs is 1. The van der Waals surface area contributed by atoms with Crippen molar-refractivity contribution in [2.24, 2.45) is 13.0 Å². The molecule has 2 heterocycles. The molecular formula is C33H35F8N7O2. The zero-order valence-electron chi connectivity index (χ0n) is 27.5. The maximum absolute atomic E-state index is 14.4. The molecule has 5 rings (SSSR count). The van der Waals surface area contributed by atoms with Gasteiger partial charge in [0.05, 0.1) is 30.3 Å². The summed E-state index contributed by atoms with van der Waals surface area (Å²) in [4.78, 5) is 21.2. The standard InChI is InChI=1S/C33H35F8N7O2/c1-4-48(25-8-6-19(7-9-25)12-29(49)50-5-2)30-22(13-21-14-26(34)27(35)16-28(21)42-30)18-47(31-43-45-46(3)44-31)17-20-10-23(32(36,37)38)15-24(11-20)33(39,40)41/h10-11,13-16,19,25H,4-9,12,17-18H2,1-3H3. The Bertz CT molecular complexity index is 1790. The lowest BCUT2D eigenvalue weighted by molar-refractivity contribution is -0.145. The van der Waals surface area contributed by atoms with E-state index in [0.29, 0.717) is 49.3 Å². The summed E-state index contributed by atoms with van der Waals surface area (Å²) >= 11 is 0. The van der Waals surface area contributed by atoms with Crippen LogP contribution in [0.5, 0.6) is 0 Å². The number of benzene rings is 2. The Morgan fingerprint density at radius 1 is 0.900 bits per heavy atom. The number of halogens is 8. The smallest absolute Gasteiger partial charge is 0.416 e. The van der Waals surface area contributed by atoms with E-state index in [-0.39, 0.29) is 59.6 Å². The fraction of sp³-hybridized carbons (Fsp3) is 0.485. The molecule has 0 atom stereocenters. The highest BCUT2D eigenvalue weighted by Gasteiger charge is 2.37. The molecule has 0 saturated heterocycles. The van der Waals surface area contributed by atoms with Crippen molar-refractivity contribution in [2.75, 3.05) is 23.0 Å². The van der Waals surface area contributed by atoms with Crippen LogP contribution < -0.4 is 9.80 Å². The van der Waals surface area contributed by atoms with E-state index in [1.807, 2.05) is 11.8 Å². The van der Waals surface area contributed by atoms with E-state index in [2.05, 4.69) is 15.4 Å². The third-order valence-electron chi connectivity index (χ3n) is 8.71. The van der Waals surface area contributed by atoms with Gasteiger partial charge in [0.15, 0.2) is 11.6 Å². The molecule has 9 nitrogen and oxygen atoms in total. The van der Waals surface area contributed by atoms with Gasteiger partial charge in [-0.05, 0) is 86.6 Å². The first-order chi connectivity index (χ1) is 23.5. The average Bonchev–Trinajstić information content (AvgIpc) is 3.48. The van der Waals surface area contributed by atoms with Gasteiger partial charge in [0.25, 0.3) is 5.95 Å². The molecule has 0 bridgehead atoms. The minimum Gasteiger partial charge on any atom is -0.466 e. The summed E-state index contributed by atoms with van der Waals surface area (Å²) in [6.07, 6.45) is -7.04. The van der Waals surface area contributed by atoms with Crippen molar-refractivity contribution in [3.05, 3.63) is 70.3 Å². The van der Waals surface area contributed by atoms with Crippen LogP contribution in [0.25, 0.3) is 10.9 Å². The van der Waals surface area contributed by atoms with Gasteiger partial charge in [0.1, 0.15) is 5.82 Å². The number of pyridine rings is 1. The van der Waals surface area contributed by atoms with E-state index < -0.39 is 41.7 Å². The highest BCUT2D eigenvalue weighted by atomic mass is 19.4. The van der Waals surface area contributed by atoms with Crippen LogP contribution in [-0.2, 0) is 42.0 Å². The molecule has 1 aliphatic rings. The molecule has 0 N–H and O–H groups in total. The summed E-state index contributed by atoms with van der Waals surface area (Å²) in [7, 11) is 1.44. The van der Waals surface area contributed by atoms with Gasteiger partial charge in [0.2, 0.25) is 0 Å².